The van der Waals surface area contributed by atoms with Crippen LogP contribution in [-0.4, -0.2) is 23.1 Å². The zero-order chi connectivity index (χ0) is 23.0. The van der Waals surface area contributed by atoms with Gasteiger partial charge in [0.1, 0.15) is 6.10 Å². The van der Waals surface area contributed by atoms with Gasteiger partial charge < -0.3 is 9.84 Å². The van der Waals surface area contributed by atoms with Crippen molar-refractivity contribution < 1.29 is 19.4 Å². The lowest BCUT2D eigenvalue weighted by Crippen LogP contribution is -2.18. The predicted molar refractivity (Wildman–Crippen MR) is 130 cm³/mol. The van der Waals surface area contributed by atoms with E-state index in [1.807, 2.05) is 0 Å². The fourth-order valence-corrected chi connectivity index (χ4v) is 3.57. The van der Waals surface area contributed by atoms with Crippen molar-refractivity contribution >= 4 is 11.9 Å². The molecule has 1 atom stereocenters. The molecule has 0 aromatic heterocycles. The summed E-state index contributed by atoms with van der Waals surface area (Å²) in [6.07, 6.45) is 26.9. The molecule has 0 aliphatic heterocycles. The van der Waals surface area contributed by atoms with Crippen LogP contribution in [0.25, 0.3) is 0 Å². The Bertz CT molecular complexity index is 482. The number of unbranched alkanes of at least 4 members (excludes halogenated alkanes) is 9. The van der Waals surface area contributed by atoms with Crippen molar-refractivity contribution in [3.8, 4) is 0 Å². The Balaban J connectivity index is 3.58. The summed E-state index contributed by atoms with van der Waals surface area (Å²) in [5.41, 5.74) is 0. The van der Waals surface area contributed by atoms with Crippen molar-refractivity contribution in [1.82, 2.24) is 0 Å². The molecule has 4 heteroatoms. The Labute approximate surface area is 191 Å². The van der Waals surface area contributed by atoms with Gasteiger partial charge in [-0.05, 0) is 57.8 Å². The Kier molecular flexibility index (Phi) is 21.9. The molecule has 0 radical (unpaired) electrons. The first-order valence-corrected chi connectivity index (χ1v) is 12.8. The highest BCUT2D eigenvalue weighted by Crippen LogP contribution is 2.14. The zero-order valence-corrected chi connectivity index (χ0v) is 20.3. The molecule has 0 spiro atoms. The van der Waals surface area contributed by atoms with E-state index >= 15 is 0 Å². The fourth-order valence-electron chi connectivity index (χ4n) is 3.57. The van der Waals surface area contributed by atoms with Crippen molar-refractivity contribution in [1.29, 1.82) is 0 Å². The van der Waals surface area contributed by atoms with Crippen molar-refractivity contribution in [2.24, 2.45) is 0 Å². The van der Waals surface area contributed by atoms with Crippen LogP contribution in [0, 0.1) is 0 Å². The van der Waals surface area contributed by atoms with Gasteiger partial charge in [-0.25, -0.2) is 0 Å². The molecule has 0 heterocycles. The Hall–Kier alpha value is -1.58. The standard InChI is InChI=1S/C27H48O4/c1-3-5-6-7-8-9-10-11-12-13-14-15-16-17-18-19-24-27(30)31-25(21-4-2)22-20-23-26(28)29/h9-10,12-13,25H,3-8,11,14-24H2,1-2H3,(H,28,29)/b10-9-,13-12-. The molecule has 0 rings (SSSR count). The first kappa shape index (κ1) is 29.4. The third-order valence-electron chi connectivity index (χ3n) is 5.41. The van der Waals surface area contributed by atoms with Crippen LogP contribution < -0.4 is 0 Å². The smallest absolute Gasteiger partial charge is 0.306 e. The molecule has 0 bridgehead atoms. The van der Waals surface area contributed by atoms with Crippen molar-refractivity contribution in [3.63, 3.8) is 0 Å². The summed E-state index contributed by atoms with van der Waals surface area (Å²) in [6, 6.07) is 0. The van der Waals surface area contributed by atoms with Crippen LogP contribution in [0.4, 0.5) is 0 Å². The summed E-state index contributed by atoms with van der Waals surface area (Å²) in [6.45, 7) is 4.30. The van der Waals surface area contributed by atoms with Gasteiger partial charge in [-0.3, -0.25) is 9.59 Å². The largest absolute Gasteiger partial charge is 0.481 e. The zero-order valence-electron chi connectivity index (χ0n) is 20.3. The van der Waals surface area contributed by atoms with E-state index in [2.05, 4.69) is 38.2 Å². The molecule has 1 N–H and O–H groups in total. The minimum Gasteiger partial charge on any atom is -0.481 e. The van der Waals surface area contributed by atoms with E-state index < -0.39 is 5.97 Å². The number of hydrogen-bond acceptors (Lipinski definition) is 3. The summed E-state index contributed by atoms with van der Waals surface area (Å²) < 4.78 is 5.55. The van der Waals surface area contributed by atoms with E-state index in [1.54, 1.807) is 0 Å². The number of carboxylic acid groups (broad SMARTS) is 1. The fraction of sp³-hybridized carbons (Fsp3) is 0.778. The SMILES string of the molecule is CCCCCC/C=C\C/C=C\CCCCCCCC(=O)OC(CCC)CCCC(=O)O. The minimum absolute atomic E-state index is 0.125. The van der Waals surface area contributed by atoms with E-state index in [1.165, 1.54) is 44.9 Å². The molecule has 0 saturated heterocycles. The summed E-state index contributed by atoms with van der Waals surface area (Å²) in [4.78, 5) is 22.6. The van der Waals surface area contributed by atoms with Crippen LogP contribution in [0.15, 0.2) is 24.3 Å². The molecule has 4 nitrogen and oxygen atoms in total. The van der Waals surface area contributed by atoms with Gasteiger partial charge in [-0.1, -0.05) is 83.1 Å². The molecule has 31 heavy (non-hydrogen) atoms. The van der Waals surface area contributed by atoms with Gasteiger partial charge in [0.25, 0.3) is 0 Å². The highest BCUT2D eigenvalue weighted by molar-refractivity contribution is 5.69. The molecule has 0 aromatic carbocycles. The Morgan fingerprint density at radius 3 is 1.94 bits per heavy atom. The molecule has 0 aliphatic carbocycles. The van der Waals surface area contributed by atoms with Gasteiger partial charge in [-0.2, -0.15) is 0 Å². The van der Waals surface area contributed by atoms with Crippen LogP contribution >= 0.6 is 0 Å². The molecule has 0 aliphatic rings. The lowest BCUT2D eigenvalue weighted by molar-refractivity contribution is -0.150. The second kappa shape index (κ2) is 23.1. The number of carbonyl (C=O) groups is 2. The molecular weight excluding hydrogens is 388 g/mol. The van der Waals surface area contributed by atoms with E-state index in [4.69, 9.17) is 9.84 Å². The summed E-state index contributed by atoms with van der Waals surface area (Å²) >= 11 is 0. The first-order valence-electron chi connectivity index (χ1n) is 12.8. The van der Waals surface area contributed by atoms with Gasteiger partial charge in [0.15, 0.2) is 0 Å². The topological polar surface area (TPSA) is 63.6 Å². The maximum absolute atomic E-state index is 12.0. The Morgan fingerprint density at radius 2 is 1.32 bits per heavy atom. The third kappa shape index (κ3) is 22.9. The van der Waals surface area contributed by atoms with E-state index in [0.29, 0.717) is 19.3 Å². The quantitative estimate of drug-likeness (QED) is 0.106. The van der Waals surface area contributed by atoms with Gasteiger partial charge >= 0.3 is 11.9 Å². The van der Waals surface area contributed by atoms with Crippen LogP contribution in [0.5, 0.6) is 0 Å². The minimum atomic E-state index is -0.790. The van der Waals surface area contributed by atoms with E-state index in [-0.39, 0.29) is 18.5 Å². The average Bonchev–Trinajstić information content (AvgIpc) is 2.73. The van der Waals surface area contributed by atoms with Gasteiger partial charge in [0.05, 0.1) is 0 Å². The molecule has 0 fully saturated rings. The molecule has 0 amide bonds. The van der Waals surface area contributed by atoms with E-state index in [9.17, 15) is 9.59 Å². The number of aliphatic carboxylic acids is 1. The Morgan fingerprint density at radius 1 is 0.710 bits per heavy atom. The van der Waals surface area contributed by atoms with E-state index in [0.717, 1.165) is 44.9 Å². The molecule has 0 saturated carbocycles. The highest BCUT2D eigenvalue weighted by atomic mass is 16.5. The van der Waals surface area contributed by atoms with Crippen LogP contribution in [0.1, 0.15) is 129 Å². The third-order valence-corrected chi connectivity index (χ3v) is 5.41. The van der Waals surface area contributed by atoms with Crippen molar-refractivity contribution in [3.05, 3.63) is 24.3 Å². The monoisotopic (exact) mass is 436 g/mol. The second-order valence-electron chi connectivity index (χ2n) is 8.52. The molecule has 180 valence electrons. The van der Waals surface area contributed by atoms with Crippen LogP contribution in [0.2, 0.25) is 0 Å². The molecular formula is C27H48O4. The number of rotatable bonds is 22. The van der Waals surface area contributed by atoms with Gasteiger partial charge in [-0.15, -0.1) is 0 Å². The summed E-state index contributed by atoms with van der Waals surface area (Å²) in [7, 11) is 0. The number of ether oxygens (including phenoxy) is 1. The number of carbonyl (C=O) groups excluding carboxylic acids is 1. The predicted octanol–water partition coefficient (Wildman–Crippen LogP) is 8.16. The highest BCUT2D eigenvalue weighted by Gasteiger charge is 2.14. The van der Waals surface area contributed by atoms with Crippen molar-refractivity contribution in [2.75, 3.05) is 0 Å². The summed E-state index contributed by atoms with van der Waals surface area (Å²) in [5, 5.41) is 8.73. The molecule has 0 aromatic rings. The number of esters is 1. The molecule has 1 unspecified atom stereocenters. The maximum atomic E-state index is 12.0. The lowest BCUT2D eigenvalue weighted by atomic mass is 10.1. The normalized spacial score (nSPS) is 12.6. The first-order chi connectivity index (χ1) is 15.1. The van der Waals surface area contributed by atoms with Crippen molar-refractivity contribution in [2.45, 2.75) is 136 Å². The number of hydrogen-bond donors (Lipinski definition) is 1. The van der Waals surface area contributed by atoms with Gasteiger partial charge in [0, 0.05) is 12.8 Å². The lowest BCUT2D eigenvalue weighted by Gasteiger charge is -2.17. The van der Waals surface area contributed by atoms with Gasteiger partial charge in [0.2, 0.25) is 0 Å². The van der Waals surface area contributed by atoms with Crippen LogP contribution in [-0.2, 0) is 14.3 Å². The maximum Gasteiger partial charge on any atom is 0.306 e. The van der Waals surface area contributed by atoms with Crippen LogP contribution in [0.3, 0.4) is 0 Å². The second-order valence-corrected chi connectivity index (χ2v) is 8.52. The number of carboxylic acids is 1. The average molecular weight is 437 g/mol. The summed E-state index contributed by atoms with van der Waals surface area (Å²) in [5.74, 6) is -0.919. The number of allylic oxidation sites excluding steroid dienone is 4.